The summed E-state index contributed by atoms with van der Waals surface area (Å²) < 4.78 is 34.2. The Morgan fingerprint density at radius 3 is 2.33 bits per heavy atom. The number of halogens is 4. The highest BCUT2D eigenvalue weighted by molar-refractivity contribution is 9.10. The lowest BCUT2D eigenvalue weighted by Gasteiger charge is -2.18. The van der Waals surface area contributed by atoms with Crippen LogP contribution in [0.15, 0.2) is 34.8 Å². The monoisotopic (exact) mass is 418 g/mol. The van der Waals surface area contributed by atoms with Crippen molar-refractivity contribution in [2.75, 3.05) is 6.61 Å². The number of hydrogen-bond acceptors (Lipinski definition) is 1. The molecule has 0 saturated heterocycles. The quantitative estimate of drug-likeness (QED) is 0.559. The molecule has 5 heteroatoms. The van der Waals surface area contributed by atoms with Gasteiger partial charge in [0, 0.05) is 15.6 Å². The normalized spacial score (nSPS) is 12.3. The summed E-state index contributed by atoms with van der Waals surface area (Å²) in [7, 11) is 0. The van der Waals surface area contributed by atoms with Crippen LogP contribution >= 0.6 is 31.9 Å². The Kier molecular flexibility index (Phi) is 5.38. The molecule has 1 nitrogen and oxygen atoms in total. The van der Waals surface area contributed by atoms with E-state index in [1.807, 2.05) is 32.0 Å². The summed E-state index contributed by atoms with van der Waals surface area (Å²) in [4.78, 5) is -0.618. The Hall–Kier alpha value is -0.940. The van der Waals surface area contributed by atoms with Gasteiger partial charge in [0.15, 0.2) is 0 Å². The Morgan fingerprint density at radius 2 is 1.76 bits per heavy atom. The molecule has 0 aliphatic heterocycles. The van der Waals surface area contributed by atoms with Crippen LogP contribution in [-0.2, 0) is 0 Å². The second-order valence-electron chi connectivity index (χ2n) is 4.62. The number of aryl methyl sites for hydroxylation is 1. The lowest BCUT2D eigenvalue weighted by Crippen LogP contribution is -2.04. The van der Waals surface area contributed by atoms with Gasteiger partial charge >= 0.3 is 0 Å². The van der Waals surface area contributed by atoms with Gasteiger partial charge in [-0.1, -0.05) is 49.6 Å². The van der Waals surface area contributed by atoms with Crippen molar-refractivity contribution >= 4 is 31.9 Å². The zero-order chi connectivity index (χ0) is 15.6. The summed E-state index contributed by atoms with van der Waals surface area (Å²) >= 11 is 6.48. The standard InChI is InChI=1S/C16H14Br2F2O/c1-3-21-14-5-4-9(2)6-11(14)16(18)15-12(19)7-10(17)8-13(15)20/h4-8,16H,3H2,1-2H3. The minimum Gasteiger partial charge on any atom is -0.494 e. The second-order valence-corrected chi connectivity index (χ2v) is 6.45. The number of hydrogen-bond donors (Lipinski definition) is 0. The molecular formula is C16H14Br2F2O. The molecule has 0 aliphatic carbocycles. The molecule has 0 heterocycles. The number of rotatable bonds is 4. The van der Waals surface area contributed by atoms with Crippen LogP contribution in [0.25, 0.3) is 0 Å². The molecule has 0 fully saturated rings. The van der Waals surface area contributed by atoms with Crippen LogP contribution in [0.3, 0.4) is 0 Å². The largest absolute Gasteiger partial charge is 0.494 e. The van der Waals surface area contributed by atoms with Crippen LogP contribution in [0, 0.1) is 18.6 Å². The van der Waals surface area contributed by atoms with Gasteiger partial charge in [-0.2, -0.15) is 0 Å². The molecule has 0 saturated carbocycles. The summed E-state index contributed by atoms with van der Waals surface area (Å²) in [6.07, 6.45) is 0. The molecular weight excluding hydrogens is 406 g/mol. The maximum absolute atomic E-state index is 14.1. The fourth-order valence-electron chi connectivity index (χ4n) is 2.10. The van der Waals surface area contributed by atoms with Gasteiger partial charge in [-0.15, -0.1) is 0 Å². The first kappa shape index (κ1) is 16.4. The van der Waals surface area contributed by atoms with Crippen LogP contribution in [-0.4, -0.2) is 6.61 Å². The van der Waals surface area contributed by atoms with Gasteiger partial charge < -0.3 is 4.74 Å². The van der Waals surface area contributed by atoms with Crippen molar-refractivity contribution in [3.05, 3.63) is 63.1 Å². The summed E-state index contributed by atoms with van der Waals surface area (Å²) in [5, 5.41) is 0. The molecule has 112 valence electrons. The van der Waals surface area contributed by atoms with Gasteiger partial charge in [-0.25, -0.2) is 8.78 Å². The van der Waals surface area contributed by atoms with Gasteiger partial charge in [0.2, 0.25) is 0 Å². The van der Waals surface area contributed by atoms with Gasteiger partial charge in [0.25, 0.3) is 0 Å². The fraction of sp³-hybridized carbons (Fsp3) is 0.250. The Balaban J connectivity index is 2.54. The van der Waals surface area contributed by atoms with Crippen LogP contribution in [0.5, 0.6) is 5.75 Å². The molecule has 2 rings (SSSR count). The first-order chi connectivity index (χ1) is 9.93. The van der Waals surface area contributed by atoms with Gasteiger partial charge in [0.05, 0.1) is 11.4 Å². The highest BCUT2D eigenvalue weighted by atomic mass is 79.9. The maximum atomic E-state index is 14.1. The third kappa shape index (κ3) is 3.64. The Bertz CT molecular complexity index is 636. The first-order valence-corrected chi connectivity index (χ1v) is 8.16. The van der Waals surface area contributed by atoms with E-state index in [2.05, 4.69) is 31.9 Å². The lowest BCUT2D eigenvalue weighted by molar-refractivity contribution is 0.336. The summed E-state index contributed by atoms with van der Waals surface area (Å²) in [6, 6.07) is 8.09. The van der Waals surface area contributed by atoms with Gasteiger partial charge in [-0.3, -0.25) is 0 Å². The van der Waals surface area contributed by atoms with Gasteiger partial charge in [0.1, 0.15) is 17.4 Å². The van der Waals surface area contributed by atoms with E-state index >= 15 is 0 Å². The average Bonchev–Trinajstić information content (AvgIpc) is 2.39. The number of ether oxygens (including phenoxy) is 1. The molecule has 21 heavy (non-hydrogen) atoms. The van der Waals surface area contributed by atoms with E-state index < -0.39 is 16.5 Å². The molecule has 2 aromatic rings. The molecule has 1 atom stereocenters. The smallest absolute Gasteiger partial charge is 0.131 e. The summed E-state index contributed by atoms with van der Waals surface area (Å²) in [6.45, 7) is 4.28. The van der Waals surface area contributed by atoms with Gasteiger partial charge in [-0.05, 0) is 32.0 Å². The number of benzene rings is 2. The van der Waals surface area contributed by atoms with Crippen molar-refractivity contribution in [2.24, 2.45) is 0 Å². The van der Waals surface area contributed by atoms with Crippen LogP contribution in [0.2, 0.25) is 0 Å². The number of alkyl halides is 1. The molecule has 0 bridgehead atoms. The van der Waals surface area contributed by atoms with Crippen molar-refractivity contribution < 1.29 is 13.5 Å². The average molecular weight is 420 g/mol. The summed E-state index contributed by atoms with van der Waals surface area (Å²) in [5.74, 6) is -0.591. The summed E-state index contributed by atoms with van der Waals surface area (Å²) in [5.41, 5.74) is 1.68. The van der Waals surface area contributed by atoms with Crippen LogP contribution in [0.4, 0.5) is 8.78 Å². The van der Waals surface area contributed by atoms with E-state index in [1.165, 1.54) is 12.1 Å². The van der Waals surface area contributed by atoms with Crippen molar-refractivity contribution in [1.29, 1.82) is 0 Å². The highest BCUT2D eigenvalue weighted by Crippen LogP contribution is 2.40. The minimum atomic E-state index is -0.618. The van der Waals surface area contributed by atoms with E-state index in [0.717, 1.165) is 5.56 Å². The SMILES string of the molecule is CCOc1ccc(C)cc1C(Br)c1c(F)cc(Br)cc1F. The maximum Gasteiger partial charge on any atom is 0.131 e. The molecule has 0 radical (unpaired) electrons. The van der Waals surface area contributed by atoms with Crippen molar-refractivity contribution in [3.8, 4) is 5.75 Å². The van der Waals surface area contributed by atoms with Crippen molar-refractivity contribution in [1.82, 2.24) is 0 Å². The predicted octanol–water partition coefficient (Wildman–Crippen LogP) is 5.92. The first-order valence-electron chi connectivity index (χ1n) is 6.46. The molecule has 2 aromatic carbocycles. The minimum absolute atomic E-state index is 0.0234. The van der Waals surface area contributed by atoms with E-state index in [-0.39, 0.29) is 5.56 Å². The predicted molar refractivity (Wildman–Crippen MR) is 87.2 cm³/mol. The lowest BCUT2D eigenvalue weighted by atomic mass is 10.0. The third-order valence-corrected chi connectivity index (χ3v) is 4.44. The second kappa shape index (κ2) is 6.88. The third-order valence-electron chi connectivity index (χ3n) is 3.04. The van der Waals surface area contributed by atoms with Crippen molar-refractivity contribution in [3.63, 3.8) is 0 Å². The Morgan fingerprint density at radius 1 is 1.14 bits per heavy atom. The molecule has 0 aromatic heterocycles. The van der Waals surface area contributed by atoms with Crippen molar-refractivity contribution in [2.45, 2.75) is 18.7 Å². The van der Waals surface area contributed by atoms with Crippen LogP contribution < -0.4 is 4.74 Å². The van der Waals surface area contributed by atoms with E-state index in [4.69, 9.17) is 4.74 Å². The molecule has 0 N–H and O–H groups in total. The Labute approximate surface area is 139 Å². The molecule has 0 amide bonds. The zero-order valence-electron chi connectivity index (χ0n) is 11.6. The van der Waals surface area contributed by atoms with E-state index in [0.29, 0.717) is 22.4 Å². The topological polar surface area (TPSA) is 9.23 Å². The van der Waals surface area contributed by atoms with E-state index in [9.17, 15) is 8.78 Å². The highest BCUT2D eigenvalue weighted by Gasteiger charge is 2.23. The molecule has 0 spiro atoms. The van der Waals surface area contributed by atoms with E-state index in [1.54, 1.807) is 0 Å². The van der Waals surface area contributed by atoms with Crippen LogP contribution in [0.1, 0.15) is 28.4 Å². The zero-order valence-corrected chi connectivity index (χ0v) is 14.8. The molecule has 0 aliphatic rings. The fourth-order valence-corrected chi connectivity index (χ4v) is 3.30. The molecule has 1 unspecified atom stereocenters.